The first-order valence-electron chi connectivity index (χ1n) is 4.54. The van der Waals surface area contributed by atoms with E-state index in [9.17, 15) is 3.89 Å². The Morgan fingerprint density at radius 1 is 1.79 bits per heavy atom. The van der Waals surface area contributed by atoms with Gasteiger partial charge in [-0.1, -0.05) is 13.5 Å². The molecule has 0 saturated carbocycles. The van der Waals surface area contributed by atoms with Crippen LogP contribution in [-0.4, -0.2) is 15.7 Å². The fourth-order valence-corrected chi connectivity index (χ4v) is 1.86. The number of nitrogens with zero attached hydrogens (tertiary/aromatic N) is 2. The van der Waals surface area contributed by atoms with Gasteiger partial charge in [-0.25, -0.2) is 0 Å². The molecule has 1 unspecified atom stereocenters. The van der Waals surface area contributed by atoms with Gasteiger partial charge in [-0.15, -0.1) is 8.98 Å². The van der Waals surface area contributed by atoms with Crippen LogP contribution < -0.4 is 5.32 Å². The van der Waals surface area contributed by atoms with E-state index in [1.807, 2.05) is 0 Å². The molecule has 0 spiro atoms. The molecule has 5 heteroatoms. The fourth-order valence-electron chi connectivity index (χ4n) is 1.60. The topological polar surface area (TPSA) is 29.9 Å². The van der Waals surface area contributed by atoms with Crippen molar-refractivity contribution in [3.63, 3.8) is 0 Å². The molecule has 1 atom stereocenters. The maximum atomic E-state index is 12.3. The van der Waals surface area contributed by atoms with Gasteiger partial charge < -0.3 is 5.32 Å². The predicted molar refractivity (Wildman–Crippen MR) is 57.6 cm³/mol. The van der Waals surface area contributed by atoms with Gasteiger partial charge in [0.05, 0.1) is 6.20 Å². The Hall–Kier alpha value is -0.970. The zero-order chi connectivity index (χ0) is 10.1. The molecule has 0 aromatic carbocycles. The highest BCUT2D eigenvalue weighted by molar-refractivity contribution is 7.92. The minimum atomic E-state index is 0.0968. The number of allylic oxidation sites excluding steroid dienone is 1. The molecule has 1 N–H and O–H groups in total. The molecule has 1 aromatic rings. The molecule has 0 saturated heterocycles. The van der Waals surface area contributed by atoms with E-state index in [1.165, 1.54) is 4.09 Å². The second kappa shape index (κ2) is 3.65. The first-order valence-corrected chi connectivity index (χ1v) is 5.21. The Balaban J connectivity index is 2.40. The summed E-state index contributed by atoms with van der Waals surface area (Å²) in [6, 6.07) is 0. The van der Waals surface area contributed by atoms with Gasteiger partial charge in [-0.2, -0.15) is 4.09 Å². The van der Waals surface area contributed by atoms with E-state index in [0.29, 0.717) is 5.92 Å². The summed E-state index contributed by atoms with van der Waals surface area (Å²) in [4.78, 5) is 0. The van der Waals surface area contributed by atoms with Crippen molar-refractivity contribution in [1.82, 2.24) is 9.19 Å². The molecule has 2 rings (SSSR count). The smallest absolute Gasteiger partial charge is 0.187 e. The summed E-state index contributed by atoms with van der Waals surface area (Å²) in [7, 11) is 0. The molecule has 0 radical (unpaired) electrons. The Labute approximate surface area is 86.8 Å². The van der Waals surface area contributed by atoms with Crippen molar-refractivity contribution >= 4 is 23.7 Å². The van der Waals surface area contributed by atoms with Gasteiger partial charge in [-0.3, -0.25) is 0 Å². The lowest BCUT2D eigenvalue weighted by molar-refractivity contribution is 0.698. The monoisotopic (exact) mass is 213 g/mol. The summed E-state index contributed by atoms with van der Waals surface area (Å²) in [5.74, 6) is 1.16. The Bertz CT molecular complexity index is 361. The average molecular weight is 213 g/mol. The summed E-state index contributed by atoms with van der Waals surface area (Å²) >= 11 is 0.0968. The molecule has 2 heterocycles. The van der Waals surface area contributed by atoms with Crippen molar-refractivity contribution < 1.29 is 3.89 Å². The first-order chi connectivity index (χ1) is 6.72. The number of rotatable bonds is 1. The maximum absolute atomic E-state index is 12.3. The zero-order valence-corrected chi connectivity index (χ0v) is 8.77. The lowest BCUT2D eigenvalue weighted by Gasteiger charge is -2.08. The lowest BCUT2D eigenvalue weighted by atomic mass is 9.96. The second-order valence-corrected chi connectivity index (χ2v) is 4.02. The SMILES string of the molecule is C=C1c2cn(SF)nc2NCCC1C. The third-order valence-electron chi connectivity index (χ3n) is 2.57. The van der Waals surface area contributed by atoms with Gasteiger partial charge in [0, 0.05) is 12.1 Å². The highest BCUT2D eigenvalue weighted by Gasteiger charge is 2.20. The largest absolute Gasteiger partial charge is 0.368 e. The van der Waals surface area contributed by atoms with Crippen LogP contribution >= 0.6 is 12.3 Å². The third-order valence-corrected chi connectivity index (χ3v) is 2.90. The number of halogens is 1. The van der Waals surface area contributed by atoms with Crippen molar-refractivity contribution in [3.8, 4) is 0 Å². The minimum absolute atomic E-state index is 0.0968. The Morgan fingerprint density at radius 2 is 2.57 bits per heavy atom. The van der Waals surface area contributed by atoms with Crippen LogP contribution in [0.3, 0.4) is 0 Å². The van der Waals surface area contributed by atoms with Gasteiger partial charge in [-0.05, 0) is 17.9 Å². The van der Waals surface area contributed by atoms with E-state index in [0.717, 1.165) is 29.9 Å². The standard InChI is InChI=1S/C9H12FN3S/c1-6-3-4-11-9-8(7(6)2)5-13(12-9)14-10/h5-6H,2-4H2,1H3,(H,11,12). The summed E-state index contributed by atoms with van der Waals surface area (Å²) < 4.78 is 13.5. The molecule has 0 bridgehead atoms. The van der Waals surface area contributed by atoms with Gasteiger partial charge in [0.15, 0.2) is 18.2 Å². The van der Waals surface area contributed by atoms with Crippen LogP contribution in [0, 0.1) is 5.92 Å². The third kappa shape index (κ3) is 1.52. The van der Waals surface area contributed by atoms with Gasteiger partial charge in [0.25, 0.3) is 0 Å². The van der Waals surface area contributed by atoms with E-state index < -0.39 is 0 Å². The second-order valence-electron chi connectivity index (χ2n) is 3.50. The molecule has 0 fully saturated rings. The van der Waals surface area contributed by atoms with Crippen molar-refractivity contribution in [1.29, 1.82) is 0 Å². The van der Waals surface area contributed by atoms with Crippen LogP contribution in [0.1, 0.15) is 18.9 Å². The Kier molecular flexibility index (Phi) is 2.50. The van der Waals surface area contributed by atoms with Crippen molar-refractivity contribution in [2.45, 2.75) is 13.3 Å². The minimum Gasteiger partial charge on any atom is -0.368 e. The number of anilines is 1. The van der Waals surface area contributed by atoms with E-state index in [1.54, 1.807) is 6.20 Å². The van der Waals surface area contributed by atoms with Crippen molar-refractivity contribution in [2.24, 2.45) is 5.92 Å². The van der Waals surface area contributed by atoms with Crippen LogP contribution in [0.4, 0.5) is 9.70 Å². The first kappa shape index (κ1) is 9.58. The van der Waals surface area contributed by atoms with Crippen LogP contribution in [0.15, 0.2) is 12.8 Å². The van der Waals surface area contributed by atoms with E-state index >= 15 is 0 Å². The highest BCUT2D eigenvalue weighted by Crippen LogP contribution is 2.32. The average Bonchev–Trinajstić information content (AvgIpc) is 2.55. The number of hydrogen-bond acceptors (Lipinski definition) is 3. The van der Waals surface area contributed by atoms with Crippen LogP contribution in [0.5, 0.6) is 0 Å². The number of hydrogen-bond donors (Lipinski definition) is 1. The molecule has 0 aliphatic carbocycles. The molecule has 3 nitrogen and oxygen atoms in total. The van der Waals surface area contributed by atoms with Gasteiger partial charge >= 0.3 is 0 Å². The van der Waals surface area contributed by atoms with E-state index in [2.05, 4.69) is 23.9 Å². The molecule has 14 heavy (non-hydrogen) atoms. The van der Waals surface area contributed by atoms with Gasteiger partial charge in [0.2, 0.25) is 0 Å². The number of aromatic nitrogens is 2. The molecular weight excluding hydrogens is 201 g/mol. The summed E-state index contributed by atoms with van der Waals surface area (Å²) in [6.07, 6.45) is 2.72. The normalized spacial score (nSPS) is 21.3. The molecule has 1 aliphatic heterocycles. The number of fused-ring (bicyclic) bond motifs is 1. The van der Waals surface area contributed by atoms with Crippen LogP contribution in [-0.2, 0) is 0 Å². The summed E-state index contributed by atoms with van der Waals surface area (Å²) in [5, 5.41) is 7.21. The fraction of sp³-hybridized carbons (Fsp3) is 0.444. The van der Waals surface area contributed by atoms with Gasteiger partial charge in [0.1, 0.15) is 0 Å². The van der Waals surface area contributed by atoms with Crippen molar-refractivity contribution in [2.75, 3.05) is 11.9 Å². The van der Waals surface area contributed by atoms with Crippen LogP contribution in [0.25, 0.3) is 5.57 Å². The lowest BCUT2D eigenvalue weighted by Crippen LogP contribution is -2.03. The maximum Gasteiger partial charge on any atom is 0.187 e. The molecule has 0 amide bonds. The molecule has 76 valence electrons. The van der Waals surface area contributed by atoms with Crippen molar-refractivity contribution in [3.05, 3.63) is 18.3 Å². The highest BCUT2D eigenvalue weighted by atomic mass is 32.2. The van der Waals surface area contributed by atoms with E-state index in [4.69, 9.17) is 0 Å². The summed E-state index contributed by atoms with van der Waals surface area (Å²) in [6.45, 7) is 7.01. The van der Waals surface area contributed by atoms with E-state index in [-0.39, 0.29) is 12.3 Å². The number of nitrogens with one attached hydrogen (secondary N) is 1. The molecule has 1 aromatic heterocycles. The zero-order valence-electron chi connectivity index (χ0n) is 7.96. The summed E-state index contributed by atoms with van der Waals surface area (Å²) in [5.41, 5.74) is 1.96. The van der Waals surface area contributed by atoms with Crippen LogP contribution in [0.2, 0.25) is 0 Å². The quantitative estimate of drug-likeness (QED) is 0.778. The molecular formula is C9H12FN3S. The Morgan fingerprint density at radius 3 is 3.29 bits per heavy atom. The molecule has 1 aliphatic rings. The predicted octanol–water partition coefficient (Wildman–Crippen LogP) is 2.73.